The molecule has 0 aromatic rings. The van der Waals surface area contributed by atoms with Crippen LogP contribution in [0.1, 0.15) is 6.92 Å². The van der Waals surface area contributed by atoms with E-state index in [4.69, 9.17) is 5.11 Å². The van der Waals surface area contributed by atoms with Crippen LogP contribution in [0.15, 0.2) is 0 Å². The summed E-state index contributed by atoms with van der Waals surface area (Å²) in [6.45, 7) is 1.56. The summed E-state index contributed by atoms with van der Waals surface area (Å²) in [4.78, 5) is 9.23. The van der Waals surface area contributed by atoms with Gasteiger partial charge in [0.05, 0.1) is 0 Å². The molecule has 38 valence electrons. The molecule has 1 unspecified atom stereocenters. The van der Waals surface area contributed by atoms with Gasteiger partial charge in [-0.1, -0.05) is 15.9 Å². The van der Waals surface area contributed by atoms with Gasteiger partial charge in [0.25, 0.3) is 0 Å². The van der Waals surface area contributed by atoms with E-state index in [1.807, 2.05) is 0 Å². The van der Waals surface area contributed by atoms with Gasteiger partial charge in [-0.05, 0) is 6.92 Å². The third-order valence-corrected chi connectivity index (χ3v) is 0.732. The van der Waals surface area contributed by atoms with Crippen LogP contribution in [-0.2, 0) is 4.79 Å². The number of rotatable bonds is 1. The quantitative estimate of drug-likeness (QED) is 0.664. The topological polar surface area (TPSA) is 37.3 Å². The van der Waals surface area contributed by atoms with Crippen LogP contribution in [0, 0.1) is 0 Å². The van der Waals surface area contributed by atoms with Crippen molar-refractivity contribution in [2.24, 2.45) is 0 Å². The molecule has 0 aliphatic rings. The number of alkyl halides is 1. The molecule has 4 heteroatoms. The summed E-state index contributed by atoms with van der Waals surface area (Å²) in [6, 6.07) is 0. The van der Waals surface area contributed by atoms with Crippen molar-refractivity contribution in [2.45, 2.75) is 11.8 Å². The van der Waals surface area contributed by atoms with Crippen LogP contribution in [-0.4, -0.2) is 74.1 Å². The van der Waals surface area contributed by atoms with Crippen LogP contribution in [0.3, 0.4) is 0 Å². The molecule has 2 nitrogen and oxygen atoms in total. The predicted octanol–water partition coefficient (Wildman–Crippen LogP) is 0.206. The first-order chi connectivity index (χ1) is 2.64. The van der Waals surface area contributed by atoms with Crippen molar-refractivity contribution < 1.29 is 9.90 Å². The predicted molar refractivity (Wildman–Crippen MR) is 33.2 cm³/mol. The minimum atomic E-state index is -0.824. The number of aliphatic carboxylic acids is 1. The molecule has 0 spiro atoms. The van der Waals surface area contributed by atoms with Crippen LogP contribution < -0.4 is 0 Å². The molecule has 0 saturated heterocycles. The van der Waals surface area contributed by atoms with Gasteiger partial charge in [-0.15, -0.1) is 0 Å². The van der Waals surface area contributed by atoms with Crippen molar-refractivity contribution in [3.63, 3.8) is 0 Å². The second kappa shape index (κ2) is 5.88. The molecule has 0 aliphatic heterocycles. The monoisotopic (exact) mass is 238 g/mol. The fourth-order valence-corrected chi connectivity index (χ4v) is 0. The van der Waals surface area contributed by atoms with Crippen LogP contribution in [0.25, 0.3) is 0 Å². The first-order valence-electron chi connectivity index (χ1n) is 1.51. The molecule has 0 saturated carbocycles. The summed E-state index contributed by atoms with van der Waals surface area (Å²) in [6.07, 6.45) is 0. The van der Waals surface area contributed by atoms with E-state index in [-0.39, 0.29) is 58.2 Å². The van der Waals surface area contributed by atoms with Gasteiger partial charge in [-0.25, -0.2) is 0 Å². The third kappa shape index (κ3) is 7.76. The number of hydrogen-bond donors (Lipinski definition) is 1. The van der Waals surface area contributed by atoms with E-state index in [2.05, 4.69) is 15.9 Å². The van der Waals surface area contributed by atoms with Gasteiger partial charge in [-0.2, -0.15) is 0 Å². The van der Waals surface area contributed by atoms with E-state index in [0.29, 0.717) is 0 Å². The van der Waals surface area contributed by atoms with Crippen molar-refractivity contribution in [1.82, 2.24) is 0 Å². The Morgan fingerprint density at radius 2 is 2.00 bits per heavy atom. The number of carbonyl (C=O) groups is 1. The van der Waals surface area contributed by atoms with Crippen molar-refractivity contribution >= 4 is 80.1 Å². The van der Waals surface area contributed by atoms with Crippen LogP contribution in [0.2, 0.25) is 0 Å². The second-order valence-electron chi connectivity index (χ2n) is 0.954. The molecule has 0 aromatic heterocycles. The first-order valence-corrected chi connectivity index (χ1v) is 2.43. The number of halogens is 1. The van der Waals surface area contributed by atoms with Gasteiger partial charge in [0.1, 0.15) is 4.83 Å². The Kier molecular flexibility index (Phi) is 9.70. The zero-order valence-corrected chi connectivity index (χ0v) is 4.90. The normalized spacial score (nSPS) is 11.7. The zero-order valence-electron chi connectivity index (χ0n) is 3.31. The average Bonchev–Trinajstić information content (AvgIpc) is 1.36. The van der Waals surface area contributed by atoms with Gasteiger partial charge in [0.15, 0.2) is 0 Å². The minimum absolute atomic E-state index is 0. The van der Waals surface area contributed by atoms with Gasteiger partial charge in [0, 0.05) is 0 Å². The Balaban J connectivity index is 0. The molecular weight excluding hydrogens is 233 g/mol. The Hall–Kier alpha value is 1.76. The molecule has 0 radical (unpaired) electrons. The van der Waals surface area contributed by atoms with E-state index in [9.17, 15) is 4.79 Å². The fraction of sp³-hybridized carbons (Fsp3) is 0.667. The molecule has 0 fully saturated rings. The van der Waals surface area contributed by atoms with Gasteiger partial charge in [0.2, 0.25) is 0 Å². The Bertz CT molecular complexity index is 64.0. The number of carboxylic acids is 1. The van der Waals surface area contributed by atoms with Gasteiger partial charge >= 0.3 is 64.2 Å². The summed E-state index contributed by atoms with van der Waals surface area (Å²) < 4.78 is 0. The van der Waals surface area contributed by atoms with Crippen molar-refractivity contribution in [3.8, 4) is 0 Å². The SMILES string of the molecule is CC(Br)C(=O)O.[RbH]. The van der Waals surface area contributed by atoms with Crippen LogP contribution >= 0.6 is 15.9 Å². The van der Waals surface area contributed by atoms with E-state index in [1.54, 1.807) is 6.92 Å². The van der Waals surface area contributed by atoms with Crippen molar-refractivity contribution in [2.75, 3.05) is 0 Å². The van der Waals surface area contributed by atoms with Gasteiger partial charge < -0.3 is 5.11 Å². The second-order valence-corrected chi connectivity index (χ2v) is 2.33. The molecule has 0 rings (SSSR count). The standard InChI is InChI=1S/C3H5BrO2.Rb.H/c1-2(4)3(5)6;;/h2H,1H3,(H,5,6);;. The van der Waals surface area contributed by atoms with Gasteiger partial charge in [-0.3, -0.25) is 4.79 Å². The molecule has 1 N–H and O–H groups in total. The van der Waals surface area contributed by atoms with Crippen molar-refractivity contribution in [1.29, 1.82) is 0 Å². The van der Waals surface area contributed by atoms with Crippen molar-refractivity contribution in [3.05, 3.63) is 0 Å². The molecule has 1 atom stereocenters. The zero-order chi connectivity index (χ0) is 5.15. The maximum atomic E-state index is 9.65. The Labute approximate surface area is 99.6 Å². The first kappa shape index (κ1) is 11.5. The van der Waals surface area contributed by atoms with E-state index < -0.39 is 10.8 Å². The maximum absolute atomic E-state index is 9.65. The van der Waals surface area contributed by atoms with E-state index >= 15 is 0 Å². The summed E-state index contributed by atoms with van der Waals surface area (Å²) in [7, 11) is 0. The Morgan fingerprint density at radius 3 is 2.00 bits per heavy atom. The summed E-state index contributed by atoms with van der Waals surface area (Å²) in [5.41, 5.74) is 0. The molecular formula is C3H6BrO2Rb. The molecule has 0 aliphatic carbocycles. The number of carboxylic acid groups (broad SMARTS) is 1. The summed E-state index contributed by atoms with van der Waals surface area (Å²) in [5, 5.41) is 7.94. The molecule has 0 bridgehead atoms. The van der Waals surface area contributed by atoms with E-state index in [1.165, 1.54) is 0 Å². The molecule has 0 amide bonds. The van der Waals surface area contributed by atoms with Crippen LogP contribution in [0.5, 0.6) is 0 Å². The molecule has 0 aromatic carbocycles. The fourth-order valence-electron chi connectivity index (χ4n) is 0. The average molecular weight is 239 g/mol. The third-order valence-electron chi connectivity index (χ3n) is 0.340. The van der Waals surface area contributed by atoms with E-state index in [0.717, 1.165) is 0 Å². The summed E-state index contributed by atoms with van der Waals surface area (Å²) in [5.74, 6) is -0.824. The Morgan fingerprint density at radius 1 is 1.86 bits per heavy atom. The molecule has 0 heterocycles. The number of hydrogen-bond acceptors (Lipinski definition) is 1. The summed E-state index contributed by atoms with van der Waals surface area (Å²) >= 11 is 2.84. The van der Waals surface area contributed by atoms with Crippen LogP contribution in [0.4, 0.5) is 0 Å². The molecule has 7 heavy (non-hydrogen) atoms.